The van der Waals surface area contributed by atoms with Gasteiger partial charge in [-0.15, -0.1) is 0 Å². The van der Waals surface area contributed by atoms with Gasteiger partial charge in [-0.2, -0.15) is 0 Å². The Morgan fingerprint density at radius 2 is 2.17 bits per heavy atom. The quantitative estimate of drug-likeness (QED) is 0.527. The van der Waals surface area contributed by atoms with Crippen molar-refractivity contribution in [2.45, 2.75) is 31.8 Å². The molecular formula is C12H23N3O3. The Bertz CT molecular complexity index is 307. The van der Waals surface area contributed by atoms with Gasteiger partial charge in [0.2, 0.25) is 0 Å². The van der Waals surface area contributed by atoms with Gasteiger partial charge in [0.15, 0.2) is 6.04 Å². The third-order valence-corrected chi connectivity index (χ3v) is 3.04. The standard InChI is InChI=1S/C12H23N3O3/c1-4-18-12(17)10(13)11(16)15-7-5-6-9(15)8-14(2)3/h9-10H,4-8,13H2,1-3H3. The highest BCUT2D eigenvalue weighted by atomic mass is 16.5. The summed E-state index contributed by atoms with van der Waals surface area (Å²) in [5, 5.41) is 0. The Balaban J connectivity index is 2.61. The second kappa shape index (κ2) is 6.70. The van der Waals surface area contributed by atoms with Gasteiger partial charge in [-0.05, 0) is 33.9 Å². The van der Waals surface area contributed by atoms with Crippen LogP contribution < -0.4 is 5.73 Å². The van der Waals surface area contributed by atoms with Crippen LogP contribution in [0.3, 0.4) is 0 Å². The summed E-state index contributed by atoms with van der Waals surface area (Å²) in [6.07, 6.45) is 1.92. The Labute approximate surface area is 108 Å². The third-order valence-electron chi connectivity index (χ3n) is 3.04. The number of ether oxygens (including phenoxy) is 1. The Morgan fingerprint density at radius 1 is 1.50 bits per heavy atom. The molecule has 0 aliphatic carbocycles. The summed E-state index contributed by atoms with van der Waals surface area (Å²) >= 11 is 0. The molecule has 0 radical (unpaired) electrons. The van der Waals surface area contributed by atoms with Crippen LogP contribution in [0.15, 0.2) is 0 Å². The number of likely N-dealkylation sites (tertiary alicyclic amines) is 1. The molecule has 0 aromatic heterocycles. The molecule has 2 N–H and O–H groups in total. The maximum absolute atomic E-state index is 12.1. The van der Waals surface area contributed by atoms with Crippen LogP contribution in [0.4, 0.5) is 0 Å². The maximum atomic E-state index is 12.1. The average Bonchev–Trinajstić information content (AvgIpc) is 2.74. The monoisotopic (exact) mass is 257 g/mol. The van der Waals surface area contributed by atoms with Gasteiger partial charge < -0.3 is 20.3 Å². The van der Waals surface area contributed by atoms with Crippen molar-refractivity contribution < 1.29 is 14.3 Å². The zero-order valence-electron chi connectivity index (χ0n) is 11.4. The van der Waals surface area contributed by atoms with Gasteiger partial charge in [0.05, 0.1) is 6.61 Å². The SMILES string of the molecule is CCOC(=O)C(N)C(=O)N1CCCC1CN(C)C. The number of carbonyl (C=O) groups is 2. The molecule has 6 nitrogen and oxygen atoms in total. The van der Waals surface area contributed by atoms with Crippen LogP contribution in [0.1, 0.15) is 19.8 Å². The molecule has 0 spiro atoms. The van der Waals surface area contributed by atoms with Crippen molar-refractivity contribution in [2.75, 3.05) is 33.8 Å². The Kier molecular flexibility index (Phi) is 5.55. The number of hydrogen-bond acceptors (Lipinski definition) is 5. The Morgan fingerprint density at radius 3 is 2.72 bits per heavy atom. The highest BCUT2D eigenvalue weighted by molar-refractivity contribution is 6.01. The van der Waals surface area contributed by atoms with E-state index in [1.165, 1.54) is 0 Å². The molecule has 6 heteroatoms. The first-order valence-corrected chi connectivity index (χ1v) is 6.34. The summed E-state index contributed by atoms with van der Waals surface area (Å²) in [4.78, 5) is 27.3. The van der Waals surface area contributed by atoms with Crippen molar-refractivity contribution >= 4 is 11.9 Å². The molecule has 1 fully saturated rings. The first-order valence-electron chi connectivity index (χ1n) is 6.34. The predicted molar refractivity (Wildman–Crippen MR) is 67.9 cm³/mol. The van der Waals surface area contributed by atoms with E-state index in [1.807, 2.05) is 19.0 Å². The minimum absolute atomic E-state index is 0.146. The predicted octanol–water partition coefficient (Wildman–Crippen LogP) is -0.571. The zero-order valence-corrected chi connectivity index (χ0v) is 11.4. The molecule has 1 saturated heterocycles. The van der Waals surface area contributed by atoms with Crippen molar-refractivity contribution in [1.82, 2.24) is 9.80 Å². The second-order valence-electron chi connectivity index (χ2n) is 4.82. The zero-order chi connectivity index (χ0) is 13.7. The number of esters is 1. The van der Waals surface area contributed by atoms with Gasteiger partial charge in [-0.3, -0.25) is 4.79 Å². The molecular weight excluding hydrogens is 234 g/mol. The molecule has 1 rings (SSSR count). The van der Waals surface area contributed by atoms with E-state index in [1.54, 1.807) is 11.8 Å². The molecule has 104 valence electrons. The van der Waals surface area contributed by atoms with E-state index in [-0.39, 0.29) is 18.6 Å². The molecule has 0 aromatic rings. The van der Waals surface area contributed by atoms with Crippen LogP contribution in [0, 0.1) is 0 Å². The lowest BCUT2D eigenvalue weighted by Crippen LogP contribution is -2.52. The van der Waals surface area contributed by atoms with Crippen LogP contribution in [-0.4, -0.2) is 67.6 Å². The van der Waals surface area contributed by atoms with Crippen molar-refractivity contribution in [1.29, 1.82) is 0 Å². The molecule has 1 aliphatic heterocycles. The fourth-order valence-electron chi connectivity index (χ4n) is 2.25. The molecule has 1 heterocycles. The van der Waals surface area contributed by atoms with Gasteiger partial charge in [0.25, 0.3) is 5.91 Å². The van der Waals surface area contributed by atoms with Crippen molar-refractivity contribution in [3.63, 3.8) is 0 Å². The molecule has 2 atom stereocenters. The van der Waals surface area contributed by atoms with Crippen molar-refractivity contribution in [3.05, 3.63) is 0 Å². The number of likely N-dealkylation sites (N-methyl/N-ethyl adjacent to an activating group) is 1. The van der Waals surface area contributed by atoms with Crippen LogP contribution in [0.25, 0.3) is 0 Å². The van der Waals surface area contributed by atoms with Crippen molar-refractivity contribution in [3.8, 4) is 0 Å². The van der Waals surface area contributed by atoms with E-state index < -0.39 is 12.0 Å². The number of hydrogen-bond donors (Lipinski definition) is 1. The largest absolute Gasteiger partial charge is 0.464 e. The van der Waals surface area contributed by atoms with Crippen LogP contribution >= 0.6 is 0 Å². The van der Waals surface area contributed by atoms with Gasteiger partial charge in [-0.1, -0.05) is 0 Å². The first-order chi connectivity index (χ1) is 8.47. The summed E-state index contributed by atoms with van der Waals surface area (Å²) in [6, 6.07) is -1.04. The van der Waals surface area contributed by atoms with E-state index >= 15 is 0 Å². The first kappa shape index (κ1) is 14.9. The van der Waals surface area contributed by atoms with Gasteiger partial charge in [0, 0.05) is 19.1 Å². The smallest absolute Gasteiger partial charge is 0.332 e. The van der Waals surface area contributed by atoms with Gasteiger partial charge in [0.1, 0.15) is 0 Å². The Hall–Kier alpha value is -1.14. The van der Waals surface area contributed by atoms with Gasteiger partial charge in [-0.25, -0.2) is 4.79 Å². The minimum atomic E-state index is -1.19. The average molecular weight is 257 g/mol. The summed E-state index contributed by atoms with van der Waals surface area (Å²) in [6.45, 7) is 3.40. The normalized spacial score (nSPS) is 21.2. The highest BCUT2D eigenvalue weighted by Crippen LogP contribution is 2.18. The fourth-order valence-corrected chi connectivity index (χ4v) is 2.25. The molecule has 0 aromatic carbocycles. The molecule has 1 aliphatic rings. The van der Waals surface area contributed by atoms with Crippen LogP contribution in [0.2, 0.25) is 0 Å². The number of nitrogens with two attached hydrogens (primary N) is 1. The molecule has 1 amide bonds. The number of carbonyl (C=O) groups excluding carboxylic acids is 2. The maximum Gasteiger partial charge on any atom is 0.332 e. The molecule has 0 bridgehead atoms. The molecule has 0 saturated carbocycles. The van der Waals surface area contributed by atoms with E-state index in [0.29, 0.717) is 6.54 Å². The summed E-state index contributed by atoms with van der Waals surface area (Å²) in [5.74, 6) is -0.962. The minimum Gasteiger partial charge on any atom is -0.464 e. The third kappa shape index (κ3) is 3.68. The summed E-state index contributed by atoms with van der Waals surface area (Å²) in [7, 11) is 3.93. The number of amides is 1. The second-order valence-corrected chi connectivity index (χ2v) is 4.82. The topological polar surface area (TPSA) is 75.9 Å². The van der Waals surface area contributed by atoms with Gasteiger partial charge >= 0.3 is 5.97 Å². The van der Waals surface area contributed by atoms with E-state index in [2.05, 4.69) is 0 Å². The van der Waals surface area contributed by atoms with Crippen LogP contribution in [0.5, 0.6) is 0 Å². The molecule has 2 unspecified atom stereocenters. The fraction of sp³-hybridized carbons (Fsp3) is 0.833. The molecule has 18 heavy (non-hydrogen) atoms. The van der Waals surface area contributed by atoms with Crippen LogP contribution in [-0.2, 0) is 14.3 Å². The highest BCUT2D eigenvalue weighted by Gasteiger charge is 2.35. The lowest BCUT2D eigenvalue weighted by atomic mass is 10.2. The lowest BCUT2D eigenvalue weighted by Gasteiger charge is -2.28. The summed E-state index contributed by atoms with van der Waals surface area (Å²) < 4.78 is 4.78. The number of rotatable bonds is 5. The van der Waals surface area contributed by atoms with E-state index in [9.17, 15) is 9.59 Å². The van der Waals surface area contributed by atoms with E-state index in [4.69, 9.17) is 10.5 Å². The number of nitrogens with zero attached hydrogens (tertiary/aromatic N) is 2. The lowest BCUT2D eigenvalue weighted by molar-refractivity contribution is -0.151. The summed E-state index contributed by atoms with van der Waals surface area (Å²) in [5.41, 5.74) is 5.64. The van der Waals surface area contributed by atoms with E-state index in [0.717, 1.165) is 19.4 Å². The van der Waals surface area contributed by atoms with Crippen molar-refractivity contribution in [2.24, 2.45) is 5.73 Å².